The van der Waals surface area contributed by atoms with Crippen molar-refractivity contribution in [3.05, 3.63) is 71.1 Å². The lowest BCUT2D eigenvalue weighted by Gasteiger charge is -2.30. The molecule has 1 unspecified atom stereocenters. The normalized spacial score (nSPS) is 12.7. The van der Waals surface area contributed by atoms with E-state index in [-0.39, 0.29) is 6.61 Å². The zero-order chi connectivity index (χ0) is 25.8. The molecule has 1 atom stereocenters. The number of aromatic nitrogens is 1. The van der Waals surface area contributed by atoms with Gasteiger partial charge >= 0.3 is 5.97 Å². The van der Waals surface area contributed by atoms with Crippen molar-refractivity contribution in [2.75, 3.05) is 27.7 Å². The summed E-state index contributed by atoms with van der Waals surface area (Å²) in [5, 5.41) is 0. The van der Waals surface area contributed by atoms with Crippen molar-refractivity contribution in [2.24, 2.45) is 0 Å². The molecular weight excluding hydrogens is 470 g/mol. The molecule has 0 aliphatic heterocycles. The molecule has 188 valence electrons. The van der Waals surface area contributed by atoms with E-state index >= 15 is 0 Å². The molecule has 0 N–H and O–H groups in total. The number of oxazole rings is 1. The maximum Gasteiger partial charge on any atom is 0.321 e. The number of carbonyl (C=O) groups is 1. The van der Waals surface area contributed by atoms with E-state index in [0.29, 0.717) is 28.7 Å². The van der Waals surface area contributed by atoms with Crippen LogP contribution in [0.25, 0.3) is 11.5 Å². The third kappa shape index (κ3) is 6.27. The molecule has 0 radical (unpaired) electrons. The zero-order valence-electron chi connectivity index (χ0n) is 20.8. The van der Waals surface area contributed by atoms with Crippen molar-refractivity contribution in [3.63, 3.8) is 0 Å². The average molecular weight is 502 g/mol. The molecule has 0 bridgehead atoms. The summed E-state index contributed by atoms with van der Waals surface area (Å²) in [4.78, 5) is 16.5. The van der Waals surface area contributed by atoms with Crippen molar-refractivity contribution in [1.82, 2.24) is 13.6 Å². The Morgan fingerprint density at radius 2 is 1.80 bits per heavy atom. The molecule has 1 heterocycles. The second kappa shape index (κ2) is 11.0. The van der Waals surface area contributed by atoms with Gasteiger partial charge in [-0.1, -0.05) is 29.8 Å². The Labute approximate surface area is 206 Å². The van der Waals surface area contributed by atoms with Gasteiger partial charge in [-0.05, 0) is 50.6 Å². The van der Waals surface area contributed by atoms with E-state index in [1.807, 2.05) is 38.1 Å². The monoisotopic (exact) mass is 501 g/mol. The molecule has 1 aromatic heterocycles. The molecule has 0 aliphatic rings. The molecule has 0 fully saturated rings. The number of nitrogens with zero attached hydrogens (tertiary/aromatic N) is 3. The zero-order valence-corrected chi connectivity index (χ0v) is 21.6. The first-order chi connectivity index (χ1) is 16.5. The van der Waals surface area contributed by atoms with E-state index in [4.69, 9.17) is 13.9 Å². The maximum absolute atomic E-state index is 12.9. The largest absolute Gasteiger partial charge is 0.487 e. The van der Waals surface area contributed by atoms with Gasteiger partial charge in [0.2, 0.25) is 5.89 Å². The van der Waals surface area contributed by atoms with E-state index < -0.39 is 28.8 Å². The Kier molecular flexibility index (Phi) is 8.31. The fraction of sp³-hybridized carbons (Fsp3) is 0.360. The summed E-state index contributed by atoms with van der Waals surface area (Å²) in [5.74, 6) is 1.07. The van der Waals surface area contributed by atoms with Crippen LogP contribution in [0.15, 0.2) is 52.9 Å². The van der Waals surface area contributed by atoms with Gasteiger partial charge in [-0.15, -0.1) is 0 Å². The fourth-order valence-corrected chi connectivity index (χ4v) is 4.59. The molecule has 0 spiro atoms. The van der Waals surface area contributed by atoms with E-state index in [0.717, 1.165) is 19.7 Å². The van der Waals surface area contributed by atoms with Crippen LogP contribution in [-0.2, 0) is 26.3 Å². The first-order valence-corrected chi connectivity index (χ1v) is 12.4. The minimum atomic E-state index is -3.89. The van der Waals surface area contributed by atoms with Crippen LogP contribution in [0.5, 0.6) is 5.75 Å². The van der Waals surface area contributed by atoms with Crippen LogP contribution in [-0.4, -0.2) is 55.7 Å². The smallest absolute Gasteiger partial charge is 0.321 e. The van der Waals surface area contributed by atoms with Gasteiger partial charge in [0, 0.05) is 25.7 Å². The number of aryl methyl sites for hydroxylation is 2. The van der Waals surface area contributed by atoms with Crippen LogP contribution in [0.2, 0.25) is 0 Å². The molecule has 35 heavy (non-hydrogen) atoms. The standard InChI is InChI=1S/C25H31N3O6S/c1-17-10-12-20(13-11-17)25-26-23(19(3)34-25)16-33-22-9-7-8-21(14-22)18(2)28(15-24(29)32-6)35(30,31)27(4)5/h7-14,18H,15-16H2,1-6H3. The van der Waals surface area contributed by atoms with Gasteiger partial charge in [-0.3, -0.25) is 4.79 Å². The van der Waals surface area contributed by atoms with Crippen LogP contribution in [0, 0.1) is 13.8 Å². The Balaban J connectivity index is 1.78. The Bertz CT molecular complexity index is 1270. The van der Waals surface area contributed by atoms with Crippen molar-refractivity contribution < 1.29 is 27.1 Å². The molecule has 0 saturated heterocycles. The van der Waals surface area contributed by atoms with E-state index in [9.17, 15) is 13.2 Å². The highest BCUT2D eigenvalue weighted by molar-refractivity contribution is 7.86. The molecular formula is C25H31N3O6S. The number of rotatable bonds is 10. The number of hydrogen-bond acceptors (Lipinski definition) is 7. The van der Waals surface area contributed by atoms with Crippen molar-refractivity contribution in [3.8, 4) is 17.2 Å². The third-order valence-corrected chi connectivity index (χ3v) is 7.57. The van der Waals surface area contributed by atoms with Gasteiger partial charge < -0.3 is 13.9 Å². The molecule has 0 saturated carbocycles. The van der Waals surface area contributed by atoms with Gasteiger partial charge in [0.25, 0.3) is 10.2 Å². The van der Waals surface area contributed by atoms with Gasteiger partial charge in [0.1, 0.15) is 30.4 Å². The number of ether oxygens (including phenoxy) is 2. The minimum absolute atomic E-state index is 0.181. The molecule has 3 aromatic rings. The van der Waals surface area contributed by atoms with Crippen LogP contribution < -0.4 is 4.74 Å². The Hall–Kier alpha value is -3.21. The first-order valence-electron chi connectivity index (χ1n) is 11.0. The lowest BCUT2D eigenvalue weighted by atomic mass is 10.1. The Morgan fingerprint density at radius 1 is 1.11 bits per heavy atom. The van der Waals surface area contributed by atoms with Crippen molar-refractivity contribution in [1.29, 1.82) is 0 Å². The Morgan fingerprint density at radius 3 is 2.43 bits per heavy atom. The van der Waals surface area contributed by atoms with Gasteiger partial charge in [0.15, 0.2) is 0 Å². The number of benzene rings is 2. The summed E-state index contributed by atoms with van der Waals surface area (Å²) in [6.45, 7) is 5.32. The summed E-state index contributed by atoms with van der Waals surface area (Å²) >= 11 is 0. The van der Waals surface area contributed by atoms with Gasteiger partial charge in [0.05, 0.1) is 7.11 Å². The van der Waals surface area contributed by atoms with Crippen molar-refractivity contribution in [2.45, 2.75) is 33.4 Å². The summed E-state index contributed by atoms with van der Waals surface area (Å²) in [7, 11) is 0.159. The quantitative estimate of drug-likeness (QED) is 0.389. The molecule has 3 rings (SSSR count). The lowest BCUT2D eigenvalue weighted by Crippen LogP contribution is -2.44. The molecule has 9 nitrogen and oxygen atoms in total. The highest BCUT2D eigenvalue weighted by Crippen LogP contribution is 2.28. The third-order valence-electron chi connectivity index (χ3n) is 5.61. The van der Waals surface area contributed by atoms with Crippen molar-refractivity contribution >= 4 is 16.2 Å². The fourth-order valence-electron chi connectivity index (χ4n) is 3.38. The molecule has 10 heteroatoms. The first kappa shape index (κ1) is 26.4. The highest BCUT2D eigenvalue weighted by atomic mass is 32.2. The second-order valence-corrected chi connectivity index (χ2v) is 10.4. The second-order valence-electron chi connectivity index (χ2n) is 8.34. The van der Waals surface area contributed by atoms with Crippen LogP contribution >= 0.6 is 0 Å². The van der Waals surface area contributed by atoms with E-state index in [1.54, 1.807) is 31.2 Å². The highest BCUT2D eigenvalue weighted by Gasteiger charge is 2.32. The van der Waals surface area contributed by atoms with Gasteiger partial charge in [-0.2, -0.15) is 17.0 Å². The summed E-state index contributed by atoms with van der Waals surface area (Å²) in [6, 6.07) is 14.3. The predicted octanol–water partition coefficient (Wildman–Crippen LogP) is 3.88. The minimum Gasteiger partial charge on any atom is -0.487 e. The summed E-state index contributed by atoms with van der Waals surface area (Å²) in [5.41, 5.74) is 3.36. The maximum atomic E-state index is 12.9. The number of carbonyl (C=O) groups excluding carboxylic acids is 1. The summed E-state index contributed by atoms with van der Waals surface area (Å²) in [6.07, 6.45) is 0. The van der Waals surface area contributed by atoms with E-state index in [2.05, 4.69) is 4.98 Å². The topological polar surface area (TPSA) is 102 Å². The van der Waals surface area contributed by atoms with Crippen LogP contribution in [0.1, 0.15) is 35.5 Å². The molecule has 0 aliphatic carbocycles. The average Bonchev–Trinajstić information content (AvgIpc) is 3.21. The predicted molar refractivity (Wildman–Crippen MR) is 132 cm³/mol. The molecule has 2 aromatic carbocycles. The molecule has 0 amide bonds. The van der Waals surface area contributed by atoms with Gasteiger partial charge in [-0.25, -0.2) is 4.98 Å². The van der Waals surface area contributed by atoms with Crippen LogP contribution in [0.3, 0.4) is 0 Å². The SMILES string of the molecule is COC(=O)CN(C(C)c1cccc(OCc2nc(-c3ccc(C)cc3)oc2C)c1)S(=O)(=O)N(C)C. The lowest BCUT2D eigenvalue weighted by molar-refractivity contribution is -0.141. The number of hydrogen-bond donors (Lipinski definition) is 0. The number of methoxy groups -OCH3 is 1. The van der Waals surface area contributed by atoms with Crippen LogP contribution in [0.4, 0.5) is 0 Å². The summed E-state index contributed by atoms with van der Waals surface area (Å²) < 4.78 is 44.3. The van der Waals surface area contributed by atoms with E-state index in [1.165, 1.54) is 21.2 Å². The number of esters is 1.